The van der Waals surface area contributed by atoms with Gasteiger partial charge in [-0.1, -0.05) is 0 Å². The van der Waals surface area contributed by atoms with Crippen molar-refractivity contribution >= 4 is 15.8 Å². The van der Waals surface area contributed by atoms with Crippen LogP contribution in [0.1, 0.15) is 118 Å². The average Bonchev–Trinajstić information content (AvgIpc) is 2.46. The Morgan fingerprint density at radius 2 is 0.857 bits per heavy atom. The average molecular weight is 358 g/mol. The van der Waals surface area contributed by atoms with Crippen molar-refractivity contribution in [2.45, 2.75) is 127 Å². The Kier molecular flexibility index (Phi) is 17.4. The first-order chi connectivity index (χ1) is 10.2. The van der Waals surface area contributed by atoms with E-state index in [1.807, 2.05) is 0 Å². The molecule has 0 aromatic rings. The summed E-state index contributed by atoms with van der Waals surface area (Å²) in [4.78, 5) is 0. The van der Waals surface area contributed by atoms with Gasteiger partial charge in [-0.3, -0.25) is 0 Å². The first-order valence-corrected chi connectivity index (χ1v) is 12.4. The van der Waals surface area contributed by atoms with Crippen LogP contribution in [0.3, 0.4) is 0 Å². The molecule has 2 atom stereocenters. The SMILES string of the molecule is CCCCCCCCC(C)[AsH]C(C)CCCCCCCC. The second kappa shape index (κ2) is 16.9. The van der Waals surface area contributed by atoms with Gasteiger partial charge in [0.15, 0.2) is 0 Å². The molecule has 0 aliphatic carbocycles. The third-order valence-corrected chi connectivity index (χ3v) is 8.15. The van der Waals surface area contributed by atoms with E-state index in [2.05, 4.69) is 27.7 Å². The fourth-order valence-electron chi connectivity index (χ4n) is 3.11. The van der Waals surface area contributed by atoms with Crippen molar-refractivity contribution < 1.29 is 0 Å². The van der Waals surface area contributed by atoms with Gasteiger partial charge in [-0.05, 0) is 0 Å². The summed E-state index contributed by atoms with van der Waals surface area (Å²) in [6.45, 7) is 9.67. The molecule has 0 aromatic carbocycles. The summed E-state index contributed by atoms with van der Waals surface area (Å²) in [6, 6.07) is 0. The van der Waals surface area contributed by atoms with Crippen molar-refractivity contribution in [1.29, 1.82) is 0 Å². The standard InChI is InChI=1S/C20H43As/c1-5-7-9-11-13-15-17-19(3)21-20(4)18-16-14-12-10-8-6-2/h19-21H,5-18H2,1-4H3. The van der Waals surface area contributed by atoms with Crippen LogP contribution in [-0.4, -0.2) is 15.8 Å². The second-order valence-corrected chi connectivity index (χ2v) is 11.9. The third-order valence-electron chi connectivity index (χ3n) is 4.55. The molecule has 0 bridgehead atoms. The zero-order chi connectivity index (χ0) is 15.8. The third kappa shape index (κ3) is 16.8. The molecule has 0 radical (unpaired) electrons. The number of hydrogen-bond acceptors (Lipinski definition) is 0. The molecule has 21 heavy (non-hydrogen) atoms. The van der Waals surface area contributed by atoms with Gasteiger partial charge in [-0.2, -0.15) is 0 Å². The van der Waals surface area contributed by atoms with Crippen LogP contribution < -0.4 is 0 Å². The van der Waals surface area contributed by atoms with Gasteiger partial charge < -0.3 is 0 Å². The van der Waals surface area contributed by atoms with E-state index >= 15 is 0 Å². The van der Waals surface area contributed by atoms with Crippen LogP contribution in [0.4, 0.5) is 0 Å². The minimum absolute atomic E-state index is 0.301. The molecule has 0 saturated heterocycles. The molecule has 0 rings (SSSR count). The van der Waals surface area contributed by atoms with Crippen molar-refractivity contribution in [2.24, 2.45) is 0 Å². The summed E-state index contributed by atoms with van der Waals surface area (Å²) >= 11 is 0.301. The van der Waals surface area contributed by atoms with Crippen LogP contribution >= 0.6 is 0 Å². The summed E-state index contributed by atoms with van der Waals surface area (Å²) in [7, 11) is 0. The Hall–Kier alpha value is 0.558. The molecule has 0 aliphatic rings. The van der Waals surface area contributed by atoms with Crippen LogP contribution in [0.15, 0.2) is 0 Å². The molecule has 128 valence electrons. The van der Waals surface area contributed by atoms with Crippen LogP contribution in [0.25, 0.3) is 0 Å². The van der Waals surface area contributed by atoms with Gasteiger partial charge >= 0.3 is 143 Å². The fraction of sp³-hybridized carbons (Fsp3) is 1.00. The van der Waals surface area contributed by atoms with Gasteiger partial charge in [-0.15, -0.1) is 0 Å². The zero-order valence-electron chi connectivity index (χ0n) is 15.6. The molecular weight excluding hydrogens is 315 g/mol. The molecule has 0 heterocycles. The molecule has 0 aromatic heterocycles. The Balaban J connectivity index is 3.33. The molecule has 0 nitrogen and oxygen atoms in total. The van der Waals surface area contributed by atoms with Crippen molar-refractivity contribution in [2.75, 3.05) is 0 Å². The van der Waals surface area contributed by atoms with E-state index in [4.69, 9.17) is 0 Å². The normalized spacial score (nSPS) is 14.9. The summed E-state index contributed by atoms with van der Waals surface area (Å²) < 4.78 is 2.15. The van der Waals surface area contributed by atoms with E-state index in [9.17, 15) is 0 Å². The van der Waals surface area contributed by atoms with Crippen LogP contribution in [0.2, 0.25) is 9.41 Å². The summed E-state index contributed by atoms with van der Waals surface area (Å²) in [5, 5.41) is 0. The van der Waals surface area contributed by atoms with Crippen molar-refractivity contribution in [3.05, 3.63) is 0 Å². The molecule has 0 saturated carbocycles. The predicted octanol–water partition coefficient (Wildman–Crippen LogP) is 7.54. The Bertz CT molecular complexity index is 170. The van der Waals surface area contributed by atoms with Crippen molar-refractivity contribution in [3.8, 4) is 0 Å². The number of unbranched alkanes of at least 4 members (excludes halogenated alkanes) is 10. The van der Waals surface area contributed by atoms with E-state index < -0.39 is 0 Å². The molecule has 0 fully saturated rings. The minimum atomic E-state index is 0.301. The van der Waals surface area contributed by atoms with Gasteiger partial charge in [-0.25, -0.2) is 0 Å². The van der Waals surface area contributed by atoms with Crippen molar-refractivity contribution in [1.82, 2.24) is 0 Å². The Labute approximate surface area is 142 Å². The van der Waals surface area contributed by atoms with E-state index in [0.29, 0.717) is 15.8 Å². The number of hydrogen-bond donors (Lipinski definition) is 0. The molecule has 2 unspecified atom stereocenters. The van der Waals surface area contributed by atoms with Gasteiger partial charge in [0, 0.05) is 0 Å². The van der Waals surface area contributed by atoms with Crippen LogP contribution in [0, 0.1) is 0 Å². The van der Waals surface area contributed by atoms with Gasteiger partial charge in [0.25, 0.3) is 0 Å². The number of rotatable bonds is 16. The second-order valence-electron chi connectivity index (χ2n) is 7.08. The molecular formula is C20H43As. The first kappa shape index (κ1) is 21.6. The summed E-state index contributed by atoms with van der Waals surface area (Å²) in [5.74, 6) is 0. The summed E-state index contributed by atoms with van der Waals surface area (Å²) in [6.07, 6.45) is 20.5. The molecule has 1 heteroatoms. The molecule has 0 aliphatic heterocycles. The van der Waals surface area contributed by atoms with Gasteiger partial charge in [0.05, 0.1) is 0 Å². The van der Waals surface area contributed by atoms with Crippen LogP contribution in [0.5, 0.6) is 0 Å². The maximum absolute atomic E-state index is 2.53. The monoisotopic (exact) mass is 358 g/mol. The molecule has 0 N–H and O–H groups in total. The quantitative estimate of drug-likeness (QED) is 0.197. The van der Waals surface area contributed by atoms with Gasteiger partial charge in [0.2, 0.25) is 0 Å². The van der Waals surface area contributed by atoms with E-state index in [1.165, 1.54) is 89.9 Å². The van der Waals surface area contributed by atoms with E-state index in [0.717, 1.165) is 9.41 Å². The fourth-order valence-corrected chi connectivity index (χ4v) is 6.71. The van der Waals surface area contributed by atoms with Gasteiger partial charge in [0.1, 0.15) is 0 Å². The summed E-state index contributed by atoms with van der Waals surface area (Å²) in [5.41, 5.74) is 0. The zero-order valence-corrected chi connectivity index (χ0v) is 17.7. The molecule has 0 spiro atoms. The Morgan fingerprint density at radius 3 is 1.24 bits per heavy atom. The molecule has 0 amide bonds. The maximum atomic E-state index is 2.53. The first-order valence-electron chi connectivity index (χ1n) is 9.96. The topological polar surface area (TPSA) is 0 Å². The van der Waals surface area contributed by atoms with Crippen molar-refractivity contribution in [3.63, 3.8) is 0 Å². The predicted molar refractivity (Wildman–Crippen MR) is 102 cm³/mol. The Morgan fingerprint density at radius 1 is 0.524 bits per heavy atom. The van der Waals surface area contributed by atoms with E-state index in [1.54, 1.807) is 0 Å². The van der Waals surface area contributed by atoms with E-state index in [-0.39, 0.29) is 0 Å². The van der Waals surface area contributed by atoms with Crippen LogP contribution in [-0.2, 0) is 0 Å².